The van der Waals surface area contributed by atoms with Crippen molar-refractivity contribution in [3.05, 3.63) is 54.9 Å². The molecule has 14 heteroatoms. The van der Waals surface area contributed by atoms with E-state index in [0.717, 1.165) is 12.1 Å². The standard InChI is InChI=1S/C22H19F3N4O5S2/c1-3-28-36(32,22(23,24)25)15-8-9-17-16(12-15)29-21(34-17)20-18(35(30,31)4-2)11-14(13-27-20)33-19-7-5-6-10-26-19/h5-13H,3-4H2,1-2H3. The van der Waals surface area contributed by atoms with Crippen LogP contribution in [0.4, 0.5) is 13.2 Å². The summed E-state index contributed by atoms with van der Waals surface area (Å²) in [5.74, 6) is -0.212. The first-order chi connectivity index (χ1) is 17.0. The van der Waals surface area contributed by atoms with E-state index in [0.29, 0.717) is 0 Å². The first-order valence-electron chi connectivity index (χ1n) is 10.5. The summed E-state index contributed by atoms with van der Waals surface area (Å²) >= 11 is 0. The highest BCUT2D eigenvalue weighted by Gasteiger charge is 2.44. The molecule has 0 saturated heterocycles. The van der Waals surface area contributed by atoms with Gasteiger partial charge in [-0.25, -0.2) is 31.9 Å². The number of pyridine rings is 2. The van der Waals surface area contributed by atoms with E-state index >= 15 is 0 Å². The van der Waals surface area contributed by atoms with E-state index in [4.69, 9.17) is 9.15 Å². The summed E-state index contributed by atoms with van der Waals surface area (Å²) in [5, 5.41) is 0. The maximum Gasteiger partial charge on any atom is 0.483 e. The highest BCUT2D eigenvalue weighted by molar-refractivity contribution is 7.94. The lowest BCUT2D eigenvalue weighted by atomic mass is 10.3. The van der Waals surface area contributed by atoms with Gasteiger partial charge in [0.2, 0.25) is 11.8 Å². The summed E-state index contributed by atoms with van der Waals surface area (Å²) in [7, 11) is -8.60. The van der Waals surface area contributed by atoms with E-state index in [1.165, 1.54) is 38.4 Å². The number of rotatable bonds is 7. The van der Waals surface area contributed by atoms with Gasteiger partial charge in [0, 0.05) is 24.9 Å². The fourth-order valence-corrected chi connectivity index (χ4v) is 5.70. The van der Waals surface area contributed by atoms with Gasteiger partial charge in [0.15, 0.2) is 25.1 Å². The number of halogens is 3. The number of hydrogen-bond acceptors (Lipinski definition) is 9. The third-order valence-electron chi connectivity index (χ3n) is 4.91. The fraction of sp³-hybridized carbons (Fsp3) is 0.227. The molecule has 3 aromatic heterocycles. The minimum Gasteiger partial charge on any atom is -0.437 e. The first kappa shape index (κ1) is 25.6. The van der Waals surface area contributed by atoms with Crippen LogP contribution in [0.3, 0.4) is 0 Å². The first-order valence-corrected chi connectivity index (χ1v) is 13.7. The molecule has 0 radical (unpaired) electrons. The Kier molecular flexibility index (Phi) is 6.75. The van der Waals surface area contributed by atoms with Crippen LogP contribution in [0.25, 0.3) is 22.7 Å². The van der Waals surface area contributed by atoms with Crippen molar-refractivity contribution in [3.8, 4) is 23.2 Å². The molecule has 0 bridgehead atoms. The smallest absolute Gasteiger partial charge is 0.437 e. The second-order valence-electron chi connectivity index (χ2n) is 7.26. The molecular weight excluding hydrogens is 521 g/mol. The van der Waals surface area contributed by atoms with Crippen LogP contribution in [0.5, 0.6) is 11.6 Å². The Morgan fingerprint density at radius 3 is 2.47 bits per heavy atom. The number of nitrogens with zero attached hydrogens (tertiary/aromatic N) is 4. The molecule has 0 spiro atoms. The van der Waals surface area contributed by atoms with E-state index in [9.17, 15) is 25.8 Å². The lowest BCUT2D eigenvalue weighted by Crippen LogP contribution is -2.23. The van der Waals surface area contributed by atoms with Crippen molar-refractivity contribution < 1.29 is 35.0 Å². The lowest BCUT2D eigenvalue weighted by molar-refractivity contribution is -0.0403. The summed E-state index contributed by atoms with van der Waals surface area (Å²) in [5.41, 5.74) is -5.28. The molecule has 0 saturated carbocycles. The molecule has 1 unspecified atom stereocenters. The molecule has 0 N–H and O–H groups in total. The zero-order chi connectivity index (χ0) is 26.1. The summed E-state index contributed by atoms with van der Waals surface area (Å²) in [6, 6.07) is 9.31. The Bertz CT molecular complexity index is 1650. The van der Waals surface area contributed by atoms with E-state index < -0.39 is 30.0 Å². The molecule has 0 aliphatic carbocycles. The largest absolute Gasteiger partial charge is 0.483 e. The van der Waals surface area contributed by atoms with Gasteiger partial charge in [0.1, 0.15) is 21.9 Å². The van der Waals surface area contributed by atoms with Crippen molar-refractivity contribution >= 4 is 30.7 Å². The maximum atomic E-state index is 13.6. The molecule has 4 rings (SSSR count). The lowest BCUT2D eigenvalue weighted by Gasteiger charge is -2.13. The van der Waals surface area contributed by atoms with Crippen molar-refractivity contribution in [2.75, 3.05) is 12.3 Å². The van der Waals surface area contributed by atoms with Crippen LogP contribution in [0, 0.1) is 0 Å². The average Bonchev–Trinajstić information content (AvgIpc) is 3.27. The van der Waals surface area contributed by atoms with Crippen LogP contribution in [0.15, 0.2) is 73.4 Å². The molecule has 0 amide bonds. The third-order valence-corrected chi connectivity index (χ3v) is 8.79. The van der Waals surface area contributed by atoms with Crippen LogP contribution in [0.2, 0.25) is 0 Å². The van der Waals surface area contributed by atoms with Crippen LogP contribution in [-0.2, 0) is 19.6 Å². The predicted molar refractivity (Wildman–Crippen MR) is 125 cm³/mol. The van der Waals surface area contributed by atoms with E-state index in [-0.39, 0.29) is 51.5 Å². The van der Waals surface area contributed by atoms with Gasteiger partial charge in [-0.3, -0.25) is 0 Å². The summed E-state index contributed by atoms with van der Waals surface area (Å²) in [4.78, 5) is 11.5. The van der Waals surface area contributed by atoms with Gasteiger partial charge < -0.3 is 9.15 Å². The molecule has 36 heavy (non-hydrogen) atoms. The van der Waals surface area contributed by atoms with E-state index in [1.54, 1.807) is 18.2 Å². The molecule has 1 aromatic carbocycles. The number of oxazole rings is 1. The number of fused-ring (bicyclic) bond motifs is 1. The Hall–Kier alpha value is -3.52. The SMILES string of the molecule is CCN=S(=O)(c1ccc2oc(-c3ncc(Oc4ccccn4)cc3S(=O)(=O)CC)nc2c1)C(F)(F)F. The molecule has 190 valence electrons. The zero-order valence-corrected chi connectivity index (χ0v) is 20.5. The van der Waals surface area contributed by atoms with E-state index in [1.807, 2.05) is 0 Å². The van der Waals surface area contributed by atoms with Gasteiger partial charge in [0.05, 0.1) is 16.8 Å². The van der Waals surface area contributed by atoms with Gasteiger partial charge in [-0.1, -0.05) is 13.0 Å². The molecule has 0 aliphatic rings. The van der Waals surface area contributed by atoms with Gasteiger partial charge in [-0.2, -0.15) is 13.2 Å². The molecular formula is C22H19F3N4O5S2. The van der Waals surface area contributed by atoms with Crippen LogP contribution in [-0.4, -0.2) is 45.4 Å². The summed E-state index contributed by atoms with van der Waals surface area (Å²) in [6.45, 7) is 2.48. The minimum absolute atomic E-state index is 0.0460. The van der Waals surface area contributed by atoms with E-state index in [2.05, 4.69) is 19.3 Å². The van der Waals surface area contributed by atoms with Crippen LogP contribution < -0.4 is 4.74 Å². The number of hydrogen-bond donors (Lipinski definition) is 0. The van der Waals surface area contributed by atoms with Crippen LogP contribution in [0.1, 0.15) is 13.8 Å². The summed E-state index contributed by atoms with van der Waals surface area (Å²) in [6.07, 6.45) is 2.74. The van der Waals surface area contributed by atoms with Gasteiger partial charge in [-0.05, 0) is 31.2 Å². The number of sulfone groups is 1. The number of ether oxygens (including phenoxy) is 1. The highest BCUT2D eigenvalue weighted by Crippen LogP contribution is 2.36. The quantitative estimate of drug-likeness (QED) is 0.312. The summed E-state index contributed by atoms with van der Waals surface area (Å²) < 4.78 is 93.5. The predicted octanol–water partition coefficient (Wildman–Crippen LogP) is 5.24. The maximum absolute atomic E-state index is 13.6. The second-order valence-corrected chi connectivity index (χ2v) is 11.7. The van der Waals surface area contributed by atoms with Crippen LogP contribution >= 0.6 is 0 Å². The Morgan fingerprint density at radius 2 is 1.83 bits per heavy atom. The van der Waals surface area contributed by atoms with Crippen molar-refractivity contribution in [1.82, 2.24) is 15.0 Å². The molecule has 1 atom stereocenters. The van der Waals surface area contributed by atoms with Crippen molar-refractivity contribution in [1.29, 1.82) is 0 Å². The van der Waals surface area contributed by atoms with Crippen molar-refractivity contribution in [3.63, 3.8) is 0 Å². The van der Waals surface area contributed by atoms with Gasteiger partial charge in [0.25, 0.3) is 0 Å². The number of alkyl halides is 3. The van der Waals surface area contributed by atoms with Gasteiger partial charge >= 0.3 is 5.51 Å². The Labute approximate surface area is 204 Å². The molecule has 9 nitrogen and oxygen atoms in total. The number of aromatic nitrogens is 3. The molecule has 4 aromatic rings. The molecule has 3 heterocycles. The Balaban J connectivity index is 1.84. The average molecular weight is 541 g/mol. The van der Waals surface area contributed by atoms with Crippen molar-refractivity contribution in [2.45, 2.75) is 29.1 Å². The Morgan fingerprint density at radius 1 is 1.06 bits per heavy atom. The number of benzene rings is 1. The highest BCUT2D eigenvalue weighted by atomic mass is 32.2. The normalized spacial score (nSPS) is 13.9. The minimum atomic E-state index is -5.10. The van der Waals surface area contributed by atoms with Gasteiger partial charge in [-0.15, -0.1) is 0 Å². The third kappa shape index (κ3) is 4.78. The topological polar surface area (TPSA) is 125 Å². The molecule has 0 aliphatic heterocycles. The fourth-order valence-electron chi connectivity index (χ4n) is 3.21. The monoisotopic (exact) mass is 540 g/mol. The van der Waals surface area contributed by atoms with Crippen molar-refractivity contribution in [2.24, 2.45) is 4.36 Å². The molecule has 0 fully saturated rings. The zero-order valence-electron chi connectivity index (χ0n) is 18.9. The second kappa shape index (κ2) is 9.50.